The zero-order valence-corrected chi connectivity index (χ0v) is 13.2. The molecule has 2 rings (SSSR count). The highest BCUT2D eigenvalue weighted by Crippen LogP contribution is 2.25. The van der Waals surface area contributed by atoms with E-state index in [1.165, 1.54) is 24.0 Å². The second-order valence-electron chi connectivity index (χ2n) is 4.92. The summed E-state index contributed by atoms with van der Waals surface area (Å²) in [6.07, 6.45) is -1.15. The Hall–Kier alpha value is -2.29. The molecule has 1 heterocycles. The molecule has 7 nitrogen and oxygen atoms in total. The molecule has 9 heteroatoms. The van der Waals surface area contributed by atoms with Gasteiger partial charge < -0.3 is 15.4 Å². The maximum atomic E-state index is 13.9. The highest BCUT2D eigenvalue weighted by atomic mass is 32.1. The number of benzene rings is 1. The van der Waals surface area contributed by atoms with E-state index in [9.17, 15) is 18.8 Å². The van der Waals surface area contributed by atoms with E-state index in [0.717, 1.165) is 6.07 Å². The van der Waals surface area contributed by atoms with Gasteiger partial charge >= 0.3 is 6.09 Å². The maximum Gasteiger partial charge on any atom is 0.414 e. The molecule has 0 spiro atoms. The Morgan fingerprint density at radius 3 is 2.83 bits per heavy atom. The highest BCUT2D eigenvalue weighted by Gasteiger charge is 2.32. The summed E-state index contributed by atoms with van der Waals surface area (Å²) in [7, 11) is 0. The standard InChI is InChI=1S/C14H16FN3O4S/c1-8(19)17-12-3-2-9(4-11(12)15)18-6-10(22-14(18)21)5-16-13(20)7-23/h2-4,10,23H,5-7H2,1H3,(H,16,20)(H,17,19)/t10-/m0/s1. The van der Waals surface area contributed by atoms with Crippen LogP contribution in [0, 0.1) is 5.82 Å². The van der Waals surface area contributed by atoms with Gasteiger partial charge in [-0.2, -0.15) is 12.6 Å². The number of nitrogens with one attached hydrogen (secondary N) is 2. The van der Waals surface area contributed by atoms with Crippen molar-refractivity contribution in [3.63, 3.8) is 0 Å². The number of cyclic esters (lactones) is 1. The van der Waals surface area contributed by atoms with Gasteiger partial charge in [0.2, 0.25) is 11.8 Å². The number of rotatable bonds is 5. The number of ether oxygens (including phenoxy) is 1. The lowest BCUT2D eigenvalue weighted by atomic mass is 10.2. The van der Waals surface area contributed by atoms with Crippen molar-refractivity contribution in [3.05, 3.63) is 24.0 Å². The summed E-state index contributed by atoms with van der Waals surface area (Å²) in [5.74, 6) is -1.27. The SMILES string of the molecule is CC(=O)Nc1ccc(N2C[C@H](CNC(=O)CS)OC2=O)cc1F. The van der Waals surface area contributed by atoms with Crippen molar-refractivity contribution in [2.75, 3.05) is 29.1 Å². The summed E-state index contributed by atoms with van der Waals surface area (Å²) in [4.78, 5) is 35.2. The number of anilines is 2. The average Bonchev–Trinajstić information content (AvgIpc) is 2.87. The summed E-state index contributed by atoms with van der Waals surface area (Å²) in [6.45, 7) is 1.62. The second kappa shape index (κ2) is 7.32. The minimum atomic E-state index is -0.655. The number of hydrogen-bond acceptors (Lipinski definition) is 5. The Morgan fingerprint density at radius 2 is 2.22 bits per heavy atom. The normalized spacial score (nSPS) is 16.9. The number of carbonyl (C=O) groups is 3. The first-order valence-corrected chi connectivity index (χ1v) is 7.46. The van der Waals surface area contributed by atoms with Gasteiger partial charge in [-0.25, -0.2) is 9.18 Å². The van der Waals surface area contributed by atoms with Crippen LogP contribution in [-0.4, -0.2) is 42.9 Å². The number of nitrogens with zero attached hydrogens (tertiary/aromatic N) is 1. The summed E-state index contributed by atoms with van der Waals surface area (Å²) in [5, 5.41) is 4.91. The fraction of sp³-hybridized carbons (Fsp3) is 0.357. The lowest BCUT2D eigenvalue weighted by molar-refractivity contribution is -0.119. The van der Waals surface area contributed by atoms with Gasteiger partial charge in [-0.1, -0.05) is 0 Å². The van der Waals surface area contributed by atoms with Crippen molar-refractivity contribution < 1.29 is 23.5 Å². The van der Waals surface area contributed by atoms with Crippen LogP contribution in [-0.2, 0) is 14.3 Å². The molecule has 1 fully saturated rings. The lowest BCUT2D eigenvalue weighted by Gasteiger charge is -2.14. The first kappa shape index (κ1) is 17.1. The van der Waals surface area contributed by atoms with E-state index in [0.29, 0.717) is 5.69 Å². The first-order chi connectivity index (χ1) is 10.9. The topological polar surface area (TPSA) is 87.7 Å². The minimum absolute atomic E-state index is 0.0337. The van der Waals surface area contributed by atoms with Crippen LogP contribution in [0.5, 0.6) is 0 Å². The molecule has 23 heavy (non-hydrogen) atoms. The molecule has 1 atom stereocenters. The molecule has 1 aromatic rings. The highest BCUT2D eigenvalue weighted by molar-refractivity contribution is 7.81. The van der Waals surface area contributed by atoms with Crippen LogP contribution in [0.15, 0.2) is 18.2 Å². The molecule has 1 saturated heterocycles. The summed E-state index contributed by atoms with van der Waals surface area (Å²) >= 11 is 3.83. The van der Waals surface area contributed by atoms with Crippen LogP contribution >= 0.6 is 12.6 Å². The molecule has 0 unspecified atom stereocenters. The molecule has 0 aliphatic carbocycles. The monoisotopic (exact) mass is 341 g/mol. The number of hydrogen-bond donors (Lipinski definition) is 3. The fourth-order valence-electron chi connectivity index (χ4n) is 2.09. The van der Waals surface area contributed by atoms with Gasteiger partial charge in [0.25, 0.3) is 0 Å². The molecular formula is C14H16FN3O4S. The van der Waals surface area contributed by atoms with E-state index in [-0.39, 0.29) is 30.4 Å². The predicted molar refractivity (Wildman–Crippen MR) is 85.2 cm³/mol. The van der Waals surface area contributed by atoms with Crippen molar-refractivity contribution in [1.82, 2.24) is 5.32 Å². The van der Waals surface area contributed by atoms with E-state index in [1.54, 1.807) is 0 Å². The second-order valence-corrected chi connectivity index (χ2v) is 5.24. The quantitative estimate of drug-likeness (QED) is 0.701. The number of amides is 3. The molecular weight excluding hydrogens is 325 g/mol. The van der Waals surface area contributed by atoms with Crippen LogP contribution in [0.2, 0.25) is 0 Å². The molecule has 0 saturated carbocycles. The van der Waals surface area contributed by atoms with E-state index in [4.69, 9.17) is 4.74 Å². The van der Waals surface area contributed by atoms with Crippen LogP contribution in [0.4, 0.5) is 20.6 Å². The van der Waals surface area contributed by atoms with Crippen molar-refractivity contribution in [3.8, 4) is 0 Å². The van der Waals surface area contributed by atoms with Crippen LogP contribution < -0.4 is 15.5 Å². The minimum Gasteiger partial charge on any atom is -0.442 e. The van der Waals surface area contributed by atoms with Gasteiger partial charge in [-0.15, -0.1) is 0 Å². The molecule has 0 radical (unpaired) electrons. The van der Waals surface area contributed by atoms with E-state index < -0.39 is 23.9 Å². The van der Waals surface area contributed by atoms with Gasteiger partial charge in [-0.3, -0.25) is 14.5 Å². The Balaban J connectivity index is 2.04. The van der Waals surface area contributed by atoms with Crippen LogP contribution in [0.1, 0.15) is 6.92 Å². The third-order valence-electron chi connectivity index (χ3n) is 3.12. The molecule has 0 bridgehead atoms. The van der Waals surface area contributed by atoms with Crippen LogP contribution in [0.3, 0.4) is 0 Å². The van der Waals surface area contributed by atoms with Crippen LogP contribution in [0.25, 0.3) is 0 Å². The molecule has 1 aromatic carbocycles. The third-order valence-corrected chi connectivity index (χ3v) is 3.41. The van der Waals surface area contributed by atoms with E-state index >= 15 is 0 Å². The molecule has 0 aromatic heterocycles. The Morgan fingerprint density at radius 1 is 1.48 bits per heavy atom. The van der Waals surface area contributed by atoms with Crippen molar-refractivity contribution in [1.29, 1.82) is 0 Å². The predicted octanol–water partition coefficient (Wildman–Crippen LogP) is 1.16. The number of carbonyl (C=O) groups excluding carboxylic acids is 3. The smallest absolute Gasteiger partial charge is 0.414 e. The number of thiol groups is 1. The molecule has 3 amide bonds. The third kappa shape index (κ3) is 4.35. The largest absolute Gasteiger partial charge is 0.442 e. The van der Waals surface area contributed by atoms with Gasteiger partial charge in [0.15, 0.2) is 0 Å². The van der Waals surface area contributed by atoms with E-state index in [1.807, 2.05) is 0 Å². The molecule has 2 N–H and O–H groups in total. The average molecular weight is 341 g/mol. The van der Waals surface area contributed by atoms with E-state index in [2.05, 4.69) is 23.3 Å². The molecule has 1 aliphatic heterocycles. The first-order valence-electron chi connectivity index (χ1n) is 6.83. The van der Waals surface area contributed by atoms with Crippen molar-refractivity contribution >= 4 is 41.9 Å². The summed E-state index contributed by atoms with van der Waals surface area (Å²) < 4.78 is 19.0. The fourth-order valence-corrected chi connectivity index (χ4v) is 2.20. The lowest BCUT2D eigenvalue weighted by Crippen LogP contribution is -2.35. The van der Waals surface area contributed by atoms with Gasteiger partial charge in [0.05, 0.1) is 30.2 Å². The van der Waals surface area contributed by atoms with Gasteiger partial charge in [0.1, 0.15) is 11.9 Å². The maximum absolute atomic E-state index is 13.9. The summed E-state index contributed by atoms with van der Waals surface area (Å²) in [6, 6.07) is 4.01. The Kier molecular flexibility index (Phi) is 5.43. The number of halogens is 1. The van der Waals surface area contributed by atoms with Gasteiger partial charge in [-0.05, 0) is 18.2 Å². The summed E-state index contributed by atoms with van der Waals surface area (Å²) in [5.41, 5.74) is 0.344. The van der Waals surface area contributed by atoms with Crippen molar-refractivity contribution in [2.45, 2.75) is 13.0 Å². The van der Waals surface area contributed by atoms with Gasteiger partial charge in [0, 0.05) is 6.92 Å². The Bertz CT molecular complexity index is 640. The zero-order valence-electron chi connectivity index (χ0n) is 12.3. The zero-order chi connectivity index (χ0) is 17.0. The van der Waals surface area contributed by atoms with Crippen molar-refractivity contribution in [2.24, 2.45) is 0 Å². The Labute approximate surface area is 137 Å². The molecule has 124 valence electrons. The molecule has 1 aliphatic rings.